The number of aliphatic carboxylic acids is 1. The Morgan fingerprint density at radius 2 is 2.19 bits per heavy atom. The van der Waals surface area contributed by atoms with Crippen molar-refractivity contribution in [3.05, 3.63) is 35.6 Å². The van der Waals surface area contributed by atoms with Gasteiger partial charge in [-0.25, -0.2) is 9.18 Å². The highest BCUT2D eigenvalue weighted by atomic mass is 19.1. The van der Waals surface area contributed by atoms with Crippen LogP contribution in [0.1, 0.15) is 18.4 Å². The number of benzene rings is 1. The number of carboxylic acids is 1. The van der Waals surface area contributed by atoms with Gasteiger partial charge in [0.25, 0.3) is 0 Å². The van der Waals surface area contributed by atoms with E-state index in [4.69, 9.17) is 9.84 Å². The second kappa shape index (κ2) is 4.61. The lowest BCUT2D eigenvalue weighted by molar-refractivity contribution is -0.152. The number of hydrogen-bond acceptors (Lipinski definition) is 2. The lowest BCUT2D eigenvalue weighted by atomic mass is 10.2. The minimum atomic E-state index is -0.959. The maximum Gasteiger partial charge on any atom is 0.333 e. The Bertz CT molecular complexity index is 388. The van der Waals surface area contributed by atoms with E-state index in [-0.39, 0.29) is 18.3 Å². The average molecular weight is 224 g/mol. The fraction of sp³-hybridized carbons (Fsp3) is 0.417. The summed E-state index contributed by atoms with van der Waals surface area (Å²) in [5, 5.41) is 8.91. The second-order valence-electron chi connectivity index (χ2n) is 4.00. The van der Waals surface area contributed by atoms with Crippen LogP contribution in [0.4, 0.5) is 4.39 Å². The number of carbonyl (C=O) groups is 1. The van der Waals surface area contributed by atoms with E-state index in [1.165, 1.54) is 6.07 Å². The van der Waals surface area contributed by atoms with Gasteiger partial charge in [-0.3, -0.25) is 0 Å². The number of halogens is 1. The lowest BCUT2D eigenvalue weighted by Crippen LogP contribution is -2.26. The predicted octanol–water partition coefficient (Wildman–Crippen LogP) is 2.21. The summed E-state index contributed by atoms with van der Waals surface area (Å²) in [5.41, 5.74) is 0.398. The van der Waals surface area contributed by atoms with Gasteiger partial charge in [-0.1, -0.05) is 18.2 Å². The van der Waals surface area contributed by atoms with Crippen LogP contribution < -0.4 is 0 Å². The maximum atomic E-state index is 13.2. The molecule has 3 nitrogen and oxygen atoms in total. The van der Waals surface area contributed by atoms with E-state index in [9.17, 15) is 9.18 Å². The molecule has 2 rings (SSSR count). The molecular weight excluding hydrogens is 211 g/mol. The Hall–Kier alpha value is -1.42. The van der Waals surface area contributed by atoms with E-state index in [0.29, 0.717) is 5.56 Å². The summed E-state index contributed by atoms with van der Waals surface area (Å²) in [6.45, 7) is 0.0140. The highest BCUT2D eigenvalue weighted by Gasteiger charge is 2.37. The van der Waals surface area contributed by atoms with Gasteiger partial charge in [0.1, 0.15) is 5.82 Å². The molecule has 0 amide bonds. The first-order valence-electron chi connectivity index (χ1n) is 5.26. The summed E-state index contributed by atoms with van der Waals surface area (Å²) in [4.78, 5) is 10.9. The van der Waals surface area contributed by atoms with E-state index < -0.39 is 12.1 Å². The van der Waals surface area contributed by atoms with Crippen molar-refractivity contribution in [2.75, 3.05) is 0 Å². The molecule has 0 radical (unpaired) electrons. The zero-order valence-electron chi connectivity index (χ0n) is 8.73. The van der Waals surface area contributed by atoms with E-state index in [1.54, 1.807) is 18.2 Å². The van der Waals surface area contributed by atoms with E-state index in [1.807, 2.05) is 0 Å². The van der Waals surface area contributed by atoms with Crippen LogP contribution in [-0.2, 0) is 16.1 Å². The Kier molecular flexibility index (Phi) is 3.19. The van der Waals surface area contributed by atoms with Crippen molar-refractivity contribution in [1.29, 1.82) is 0 Å². The minimum absolute atomic E-state index is 0.0140. The third-order valence-electron chi connectivity index (χ3n) is 2.67. The quantitative estimate of drug-likeness (QED) is 0.834. The highest BCUT2D eigenvalue weighted by Crippen LogP contribution is 2.34. The summed E-state index contributed by atoms with van der Waals surface area (Å²) in [7, 11) is 0. The summed E-state index contributed by atoms with van der Waals surface area (Å²) >= 11 is 0. The number of hydrogen-bond donors (Lipinski definition) is 1. The summed E-state index contributed by atoms with van der Waals surface area (Å²) < 4.78 is 18.5. The van der Waals surface area contributed by atoms with Crippen LogP contribution in [0.3, 0.4) is 0 Å². The SMILES string of the molecule is O=C(O)C(OCc1ccccc1F)C1CC1. The number of carboxylic acid groups (broad SMARTS) is 1. The molecule has 1 N–H and O–H groups in total. The molecule has 4 heteroatoms. The highest BCUT2D eigenvalue weighted by molar-refractivity contribution is 5.73. The lowest BCUT2D eigenvalue weighted by Gasteiger charge is -2.12. The van der Waals surface area contributed by atoms with Crippen molar-refractivity contribution in [1.82, 2.24) is 0 Å². The Morgan fingerprint density at radius 1 is 1.50 bits per heavy atom. The van der Waals surface area contributed by atoms with Crippen molar-refractivity contribution in [2.45, 2.75) is 25.6 Å². The molecule has 1 aromatic rings. The molecule has 0 saturated heterocycles. The standard InChI is InChI=1S/C12H13FO3/c13-10-4-2-1-3-9(10)7-16-11(12(14)15)8-5-6-8/h1-4,8,11H,5-7H2,(H,14,15). The molecule has 0 bridgehead atoms. The summed E-state index contributed by atoms with van der Waals surface area (Å²) in [6.07, 6.45) is 0.974. The van der Waals surface area contributed by atoms with Gasteiger partial charge >= 0.3 is 5.97 Å². The van der Waals surface area contributed by atoms with Crippen molar-refractivity contribution in [3.8, 4) is 0 Å². The fourth-order valence-corrected chi connectivity index (χ4v) is 1.60. The topological polar surface area (TPSA) is 46.5 Å². The molecule has 1 unspecified atom stereocenters. The van der Waals surface area contributed by atoms with Crippen LogP contribution in [-0.4, -0.2) is 17.2 Å². The zero-order valence-corrected chi connectivity index (χ0v) is 8.73. The van der Waals surface area contributed by atoms with Gasteiger partial charge in [0.2, 0.25) is 0 Å². The van der Waals surface area contributed by atoms with E-state index in [0.717, 1.165) is 12.8 Å². The molecule has 0 aliphatic heterocycles. The van der Waals surface area contributed by atoms with E-state index >= 15 is 0 Å². The molecule has 1 saturated carbocycles. The Balaban J connectivity index is 1.95. The zero-order chi connectivity index (χ0) is 11.5. The van der Waals surface area contributed by atoms with E-state index in [2.05, 4.69) is 0 Å². The smallest absolute Gasteiger partial charge is 0.333 e. The summed E-state index contributed by atoms with van der Waals surface area (Å²) in [6, 6.07) is 6.23. The normalized spacial score (nSPS) is 17.1. The van der Waals surface area contributed by atoms with Crippen LogP contribution >= 0.6 is 0 Å². The third kappa shape index (κ3) is 2.58. The minimum Gasteiger partial charge on any atom is -0.479 e. The van der Waals surface area contributed by atoms with Gasteiger partial charge in [0, 0.05) is 5.56 Å². The Morgan fingerprint density at radius 3 is 2.75 bits per heavy atom. The molecule has 0 spiro atoms. The van der Waals surface area contributed by atoms with Crippen LogP contribution in [0, 0.1) is 11.7 Å². The van der Waals surface area contributed by atoms with Crippen LogP contribution in [0.25, 0.3) is 0 Å². The first-order valence-corrected chi connectivity index (χ1v) is 5.26. The molecule has 1 aliphatic rings. The van der Waals surface area contributed by atoms with Gasteiger partial charge < -0.3 is 9.84 Å². The Labute approximate surface area is 92.9 Å². The van der Waals surface area contributed by atoms with Gasteiger partial charge in [-0.15, -0.1) is 0 Å². The maximum absolute atomic E-state index is 13.2. The first kappa shape index (κ1) is 11.1. The second-order valence-corrected chi connectivity index (χ2v) is 4.00. The van der Waals surface area contributed by atoms with Crippen LogP contribution in [0.5, 0.6) is 0 Å². The fourth-order valence-electron chi connectivity index (χ4n) is 1.60. The molecule has 1 aliphatic carbocycles. The van der Waals surface area contributed by atoms with Crippen molar-refractivity contribution in [2.24, 2.45) is 5.92 Å². The molecular formula is C12H13FO3. The third-order valence-corrected chi connectivity index (χ3v) is 2.67. The molecule has 0 heterocycles. The first-order chi connectivity index (χ1) is 7.68. The summed E-state index contributed by atoms with van der Waals surface area (Å²) in [5.74, 6) is -1.22. The van der Waals surface area contributed by atoms with Crippen molar-refractivity contribution < 1.29 is 19.0 Å². The van der Waals surface area contributed by atoms with Gasteiger partial charge in [0.15, 0.2) is 6.10 Å². The number of ether oxygens (including phenoxy) is 1. The van der Waals surface area contributed by atoms with Gasteiger partial charge in [-0.05, 0) is 24.8 Å². The molecule has 0 aromatic heterocycles. The van der Waals surface area contributed by atoms with Crippen LogP contribution in [0.15, 0.2) is 24.3 Å². The van der Waals surface area contributed by atoms with Gasteiger partial charge in [-0.2, -0.15) is 0 Å². The largest absolute Gasteiger partial charge is 0.479 e. The average Bonchev–Trinajstić information content (AvgIpc) is 3.04. The molecule has 86 valence electrons. The number of rotatable bonds is 5. The monoisotopic (exact) mass is 224 g/mol. The predicted molar refractivity (Wildman–Crippen MR) is 55.3 cm³/mol. The van der Waals surface area contributed by atoms with Crippen LogP contribution in [0.2, 0.25) is 0 Å². The molecule has 1 aromatic carbocycles. The molecule has 16 heavy (non-hydrogen) atoms. The molecule has 1 atom stereocenters. The van der Waals surface area contributed by atoms with Crippen molar-refractivity contribution >= 4 is 5.97 Å². The molecule has 1 fully saturated rings. The van der Waals surface area contributed by atoms with Crippen molar-refractivity contribution in [3.63, 3.8) is 0 Å². The van der Waals surface area contributed by atoms with Gasteiger partial charge in [0.05, 0.1) is 6.61 Å².